The maximum Gasteiger partial charge on any atom is 0.335 e. The molecule has 0 radical (unpaired) electrons. The third kappa shape index (κ3) is 2.14. The zero-order valence-corrected chi connectivity index (χ0v) is 11.2. The molecule has 0 fully saturated rings. The highest BCUT2D eigenvalue weighted by Gasteiger charge is 2.21. The van der Waals surface area contributed by atoms with Gasteiger partial charge in [-0.15, -0.1) is 0 Å². The number of fused-ring (bicyclic) bond motifs is 2. The van der Waals surface area contributed by atoms with E-state index in [2.05, 4.69) is 0 Å². The molecule has 0 saturated heterocycles. The number of hydrogen-bond acceptors (Lipinski definition) is 2. The quantitative estimate of drug-likeness (QED) is 0.878. The number of carboxylic acids is 1. The number of carboxylic acid groups (broad SMARTS) is 1. The van der Waals surface area contributed by atoms with Gasteiger partial charge < -0.3 is 5.11 Å². The molecular weight excluding hydrogens is 279 g/mol. The first kappa shape index (κ1) is 13.0. The topological polar surface area (TPSA) is 54.4 Å². The maximum absolute atomic E-state index is 13.3. The number of halogens is 1. The first-order valence-corrected chi connectivity index (χ1v) is 7.27. The van der Waals surface area contributed by atoms with Crippen LogP contribution in [0.3, 0.4) is 0 Å². The van der Waals surface area contributed by atoms with Gasteiger partial charge in [-0.05, 0) is 54.3 Å². The van der Waals surface area contributed by atoms with Crippen molar-refractivity contribution in [1.29, 1.82) is 0 Å². The molecule has 1 atom stereocenters. The average Bonchev–Trinajstić information content (AvgIpc) is 2.56. The molecule has 5 heteroatoms. The van der Waals surface area contributed by atoms with E-state index in [1.807, 2.05) is 0 Å². The van der Waals surface area contributed by atoms with Crippen LogP contribution in [-0.4, -0.2) is 15.3 Å². The molecule has 1 N–H and O–H groups in total. The number of aryl methyl sites for hydroxylation is 2. The van der Waals surface area contributed by atoms with Crippen molar-refractivity contribution in [3.8, 4) is 0 Å². The molecule has 0 saturated carbocycles. The molecule has 3 rings (SSSR count). The van der Waals surface area contributed by atoms with E-state index in [-0.39, 0.29) is 11.4 Å². The van der Waals surface area contributed by atoms with E-state index in [1.54, 1.807) is 6.07 Å². The van der Waals surface area contributed by atoms with E-state index in [4.69, 9.17) is 5.11 Å². The van der Waals surface area contributed by atoms with Crippen LogP contribution in [-0.2, 0) is 23.6 Å². The van der Waals surface area contributed by atoms with Crippen LogP contribution in [0.1, 0.15) is 21.5 Å². The zero-order valence-electron chi connectivity index (χ0n) is 10.4. The van der Waals surface area contributed by atoms with E-state index in [0.29, 0.717) is 22.6 Å². The van der Waals surface area contributed by atoms with Gasteiger partial charge in [0.1, 0.15) is 5.82 Å². The highest BCUT2D eigenvalue weighted by molar-refractivity contribution is 7.85. The van der Waals surface area contributed by atoms with Crippen molar-refractivity contribution in [2.75, 3.05) is 0 Å². The molecule has 0 aliphatic carbocycles. The number of carbonyl (C=O) groups is 1. The maximum atomic E-state index is 13.3. The summed E-state index contributed by atoms with van der Waals surface area (Å²) < 4.78 is 25.9. The zero-order chi connectivity index (χ0) is 14.3. The molecule has 0 aromatic heterocycles. The van der Waals surface area contributed by atoms with Crippen molar-refractivity contribution in [2.45, 2.75) is 22.6 Å². The monoisotopic (exact) mass is 290 g/mol. The second kappa shape index (κ2) is 4.83. The lowest BCUT2D eigenvalue weighted by atomic mass is 10.0. The Morgan fingerprint density at radius 2 is 1.80 bits per heavy atom. The van der Waals surface area contributed by atoms with E-state index in [1.165, 1.54) is 30.3 Å². The standard InChI is InChI=1S/C15H11FO3S/c16-12-5-6-13-10(7-12)3-1-9-2-4-11(15(17)18)8-14(9)20(13)19/h2,4-8H,1,3H2,(H,17,18). The van der Waals surface area contributed by atoms with Crippen LogP contribution < -0.4 is 0 Å². The van der Waals surface area contributed by atoms with E-state index in [9.17, 15) is 13.4 Å². The van der Waals surface area contributed by atoms with Crippen LogP contribution >= 0.6 is 0 Å². The van der Waals surface area contributed by atoms with Crippen LogP contribution in [0.5, 0.6) is 0 Å². The second-order valence-electron chi connectivity index (χ2n) is 4.65. The summed E-state index contributed by atoms with van der Waals surface area (Å²) >= 11 is 0. The number of rotatable bonds is 1. The Hall–Kier alpha value is -2.01. The van der Waals surface area contributed by atoms with Gasteiger partial charge in [-0.2, -0.15) is 0 Å². The molecule has 1 aliphatic rings. The van der Waals surface area contributed by atoms with Gasteiger partial charge in [-0.25, -0.2) is 13.4 Å². The third-order valence-electron chi connectivity index (χ3n) is 3.40. The van der Waals surface area contributed by atoms with E-state index < -0.39 is 16.8 Å². The fourth-order valence-corrected chi connectivity index (χ4v) is 3.85. The predicted octanol–water partition coefficient (Wildman–Crippen LogP) is 2.79. The summed E-state index contributed by atoms with van der Waals surface area (Å²) in [7, 11) is -1.47. The van der Waals surface area contributed by atoms with Gasteiger partial charge in [0.25, 0.3) is 0 Å². The smallest absolute Gasteiger partial charge is 0.335 e. The Kier molecular flexibility index (Phi) is 3.14. The Balaban J connectivity index is 2.17. The molecule has 1 unspecified atom stereocenters. The van der Waals surface area contributed by atoms with E-state index in [0.717, 1.165) is 11.1 Å². The first-order chi connectivity index (χ1) is 9.56. The van der Waals surface area contributed by atoms with Gasteiger partial charge in [0.2, 0.25) is 0 Å². The molecule has 102 valence electrons. The van der Waals surface area contributed by atoms with Crippen LogP contribution in [0.2, 0.25) is 0 Å². The predicted molar refractivity (Wildman–Crippen MR) is 71.9 cm³/mol. The van der Waals surface area contributed by atoms with E-state index >= 15 is 0 Å². The molecule has 2 aromatic rings. The summed E-state index contributed by atoms with van der Waals surface area (Å²) in [4.78, 5) is 12.1. The molecule has 0 spiro atoms. The molecule has 2 aromatic carbocycles. The summed E-state index contributed by atoms with van der Waals surface area (Å²) in [5.41, 5.74) is 1.68. The molecule has 0 bridgehead atoms. The van der Waals surface area contributed by atoms with Crippen molar-refractivity contribution in [3.63, 3.8) is 0 Å². The summed E-state index contributed by atoms with van der Waals surface area (Å²) in [5.74, 6) is -1.40. The number of hydrogen-bond donors (Lipinski definition) is 1. The third-order valence-corrected chi connectivity index (χ3v) is 4.98. The summed E-state index contributed by atoms with van der Waals surface area (Å²) in [6, 6.07) is 8.85. The van der Waals surface area contributed by atoms with Crippen LogP contribution in [0.4, 0.5) is 4.39 Å². The number of aromatic carboxylic acids is 1. The van der Waals surface area contributed by atoms with Crippen molar-refractivity contribution >= 4 is 16.8 Å². The van der Waals surface area contributed by atoms with Crippen molar-refractivity contribution in [2.24, 2.45) is 0 Å². The van der Waals surface area contributed by atoms with Crippen molar-refractivity contribution < 1.29 is 18.5 Å². The fraction of sp³-hybridized carbons (Fsp3) is 0.133. The largest absolute Gasteiger partial charge is 0.478 e. The Morgan fingerprint density at radius 3 is 2.55 bits per heavy atom. The summed E-state index contributed by atoms with van der Waals surface area (Å²) in [6.45, 7) is 0. The molecule has 0 amide bonds. The summed E-state index contributed by atoms with van der Waals surface area (Å²) in [5, 5.41) is 9.03. The lowest BCUT2D eigenvalue weighted by Gasteiger charge is -2.07. The minimum atomic E-state index is -1.47. The number of benzene rings is 2. The first-order valence-electron chi connectivity index (χ1n) is 6.12. The van der Waals surface area contributed by atoms with Crippen molar-refractivity contribution in [3.05, 3.63) is 58.9 Å². The second-order valence-corrected chi connectivity index (χ2v) is 6.07. The van der Waals surface area contributed by atoms with Gasteiger partial charge in [-0.1, -0.05) is 6.07 Å². The lowest BCUT2D eigenvalue weighted by molar-refractivity contribution is 0.0696. The highest BCUT2D eigenvalue weighted by Crippen LogP contribution is 2.30. The van der Waals surface area contributed by atoms with Gasteiger partial charge in [0.05, 0.1) is 16.4 Å². The Morgan fingerprint density at radius 1 is 1.05 bits per heavy atom. The van der Waals surface area contributed by atoms with Gasteiger partial charge in [0.15, 0.2) is 0 Å². The molecule has 20 heavy (non-hydrogen) atoms. The molecule has 3 nitrogen and oxygen atoms in total. The normalized spacial score (nSPS) is 16.9. The average molecular weight is 290 g/mol. The Labute approximate surface area is 117 Å². The molecule has 1 aliphatic heterocycles. The van der Waals surface area contributed by atoms with Crippen LogP contribution in [0.15, 0.2) is 46.2 Å². The summed E-state index contributed by atoms with van der Waals surface area (Å²) in [6.07, 6.45) is 1.22. The fourth-order valence-electron chi connectivity index (χ4n) is 2.38. The minimum absolute atomic E-state index is 0.114. The molecular formula is C15H11FO3S. The molecule has 1 heterocycles. The minimum Gasteiger partial charge on any atom is -0.478 e. The van der Waals surface area contributed by atoms with Gasteiger partial charge in [-0.3, -0.25) is 0 Å². The van der Waals surface area contributed by atoms with Crippen LogP contribution in [0, 0.1) is 5.82 Å². The van der Waals surface area contributed by atoms with Crippen molar-refractivity contribution in [1.82, 2.24) is 0 Å². The highest BCUT2D eigenvalue weighted by atomic mass is 32.2. The SMILES string of the molecule is O=C(O)c1ccc2c(c1)S(=O)c1ccc(F)cc1CC2. The lowest BCUT2D eigenvalue weighted by Crippen LogP contribution is -2.02. The van der Waals surface area contributed by atoms with Gasteiger partial charge >= 0.3 is 5.97 Å². The Bertz CT molecular complexity index is 740. The van der Waals surface area contributed by atoms with Crippen LogP contribution in [0.25, 0.3) is 0 Å². The van der Waals surface area contributed by atoms with Gasteiger partial charge in [0, 0.05) is 9.79 Å².